The maximum absolute atomic E-state index is 9.64. The van der Waals surface area contributed by atoms with E-state index in [1.165, 1.54) is 0 Å². The van der Waals surface area contributed by atoms with Crippen LogP contribution in [0, 0.1) is 12.5 Å². The minimum atomic E-state index is -2.00. The highest BCUT2D eigenvalue weighted by atomic mass is 32.8. The van der Waals surface area contributed by atoms with Gasteiger partial charge in [-0.2, -0.15) is 0 Å². The van der Waals surface area contributed by atoms with E-state index in [4.69, 9.17) is 0 Å². The van der Waals surface area contributed by atoms with Gasteiger partial charge in [0.2, 0.25) is 0 Å². The van der Waals surface area contributed by atoms with E-state index in [2.05, 4.69) is 21.8 Å². The maximum atomic E-state index is 9.64. The van der Waals surface area contributed by atoms with E-state index < -0.39 is 9.64 Å². The molecule has 1 unspecified atom stereocenters. The van der Waals surface area contributed by atoms with Crippen LogP contribution in [0.4, 0.5) is 0 Å². The molecule has 1 atom stereocenters. The van der Waals surface area contributed by atoms with Gasteiger partial charge in [0.05, 0.1) is 0 Å². The molecule has 4 heteroatoms. The fourth-order valence-electron chi connectivity index (χ4n) is 0.0430. The molecule has 0 heterocycles. The molecule has 0 saturated heterocycles. The summed E-state index contributed by atoms with van der Waals surface area (Å²) in [6, 6.07) is 0. The number of thiol groups is 1. The predicted molar refractivity (Wildman–Crippen MR) is 26.8 cm³/mol. The third kappa shape index (κ3) is 3.73. The van der Waals surface area contributed by atoms with Crippen LogP contribution in [0.2, 0.25) is 0 Å². The molecule has 0 saturated carbocycles. The Labute approximate surface area is 42.4 Å². The monoisotopic (exact) mass is 122 g/mol. The second-order valence-corrected chi connectivity index (χ2v) is 1.96. The van der Waals surface area contributed by atoms with Crippen LogP contribution in [0.15, 0.2) is 0 Å². The van der Waals surface area contributed by atoms with Crippen molar-refractivity contribution in [2.75, 3.05) is 0 Å². The number of hydrogen-bond acceptors (Lipinski definition) is 3. The van der Waals surface area contributed by atoms with Crippen molar-refractivity contribution in [2.45, 2.75) is 0 Å². The molecule has 6 heavy (non-hydrogen) atoms. The lowest BCUT2D eigenvalue weighted by molar-refractivity contribution is 0.555. The molecule has 0 aromatic heterocycles. The lowest BCUT2D eigenvalue weighted by Crippen LogP contribution is -1.70. The summed E-state index contributed by atoms with van der Waals surface area (Å²) in [6.07, 6.45) is 6.19. The van der Waals surface area contributed by atoms with Crippen LogP contribution in [0.25, 0.3) is 0 Å². The molecule has 2 nitrogen and oxygen atoms in total. The second kappa shape index (κ2) is 2.94. The third-order valence-corrected chi connectivity index (χ3v) is 0.605. The highest BCUT2D eigenvalue weighted by Gasteiger charge is 1.62. The second-order valence-electron chi connectivity index (χ2n) is 0.433. The van der Waals surface area contributed by atoms with Gasteiger partial charge in [0.1, 0.15) is 6.11 Å². The van der Waals surface area contributed by atoms with Gasteiger partial charge in [-0.25, -0.2) is 4.21 Å². The molecule has 0 amide bonds. The van der Waals surface area contributed by atoms with Crippen molar-refractivity contribution in [2.24, 2.45) is 0 Å². The van der Waals surface area contributed by atoms with Gasteiger partial charge >= 0.3 is 0 Å². The Morgan fingerprint density at radius 2 is 2.50 bits per heavy atom. The van der Waals surface area contributed by atoms with Crippen molar-refractivity contribution >= 4 is 20.8 Å². The van der Waals surface area contributed by atoms with Gasteiger partial charge < -0.3 is 4.18 Å². The first kappa shape index (κ1) is 5.73. The van der Waals surface area contributed by atoms with Crippen LogP contribution >= 0.6 is 0 Å². The normalized spacial score (nSPS) is 11.8. The largest absolute Gasteiger partial charge is 0.350 e. The van der Waals surface area contributed by atoms with Gasteiger partial charge in [0.25, 0.3) is 0 Å². The van der Waals surface area contributed by atoms with Crippen LogP contribution in [0.1, 0.15) is 0 Å². The molecule has 0 radical (unpaired) electrons. The number of rotatable bonds is 1. The van der Waals surface area contributed by atoms with E-state index in [1.807, 2.05) is 0 Å². The van der Waals surface area contributed by atoms with E-state index in [-0.39, 0.29) is 0 Å². The van der Waals surface area contributed by atoms with Crippen LogP contribution in [-0.4, -0.2) is 4.21 Å². The average molecular weight is 122 g/mol. The molecule has 34 valence electrons. The van der Waals surface area contributed by atoms with Gasteiger partial charge in [0.15, 0.2) is 9.64 Å². The molecule has 0 aromatic rings. The first-order valence-electron chi connectivity index (χ1n) is 1.04. The summed E-state index contributed by atoms with van der Waals surface area (Å²) in [4.78, 5) is 0. The molecule has 0 aromatic carbocycles. The first-order valence-corrected chi connectivity index (χ1v) is 3.23. The molecule has 0 fully saturated rings. The summed E-state index contributed by atoms with van der Waals surface area (Å²) >= 11 is 4.02. The number of hydrogen-bond donors (Lipinski definition) is 1. The molecule has 0 aliphatic rings. The van der Waals surface area contributed by atoms with Gasteiger partial charge in [-0.05, 0) is 0 Å². The number of terminal acetylenes is 1. The van der Waals surface area contributed by atoms with Crippen LogP contribution in [0.3, 0.4) is 0 Å². The zero-order chi connectivity index (χ0) is 4.99. The summed E-state index contributed by atoms with van der Waals surface area (Å²) in [5.74, 6) is 0. The van der Waals surface area contributed by atoms with Crippen molar-refractivity contribution in [3.63, 3.8) is 0 Å². The summed E-state index contributed by atoms with van der Waals surface area (Å²) in [7, 11) is -2.00. The van der Waals surface area contributed by atoms with Gasteiger partial charge in [0, 0.05) is 11.2 Å². The van der Waals surface area contributed by atoms with Crippen LogP contribution in [0.5, 0.6) is 0 Å². The summed E-state index contributed by atoms with van der Waals surface area (Å²) < 4.78 is 13.5. The molecule has 0 aliphatic heterocycles. The fourth-order valence-corrected chi connectivity index (χ4v) is 0.258. The summed E-state index contributed by atoms with van der Waals surface area (Å²) in [5, 5.41) is 0. The molecule has 0 spiro atoms. The molecule has 0 N–H and O–H groups in total. The first-order chi connectivity index (χ1) is 2.77. The SMILES string of the molecule is C#CO[SH](=O)=S. The van der Waals surface area contributed by atoms with Crippen molar-refractivity contribution < 1.29 is 8.39 Å². The van der Waals surface area contributed by atoms with Gasteiger partial charge in [-0.3, -0.25) is 0 Å². The lowest BCUT2D eigenvalue weighted by atomic mass is 11.3. The van der Waals surface area contributed by atoms with E-state index in [0.717, 1.165) is 0 Å². The van der Waals surface area contributed by atoms with Crippen molar-refractivity contribution in [3.8, 4) is 12.5 Å². The Bertz CT molecular complexity index is 121. The Morgan fingerprint density at radius 1 is 2.00 bits per heavy atom. The Kier molecular flexibility index (Phi) is 2.81. The van der Waals surface area contributed by atoms with Gasteiger partial charge in [-0.1, -0.05) is 6.42 Å². The molecule has 0 aliphatic carbocycles. The summed E-state index contributed by atoms with van der Waals surface area (Å²) in [5.41, 5.74) is 0. The minimum Gasteiger partial charge on any atom is -0.350 e. The van der Waals surface area contributed by atoms with Crippen molar-refractivity contribution in [3.05, 3.63) is 0 Å². The molecule has 0 bridgehead atoms. The van der Waals surface area contributed by atoms with Crippen LogP contribution < -0.4 is 0 Å². The predicted octanol–water partition coefficient (Wildman–Crippen LogP) is -0.548. The molecule has 0 rings (SSSR count). The smallest absolute Gasteiger partial charge is 0.184 e. The lowest BCUT2D eigenvalue weighted by Gasteiger charge is -1.73. The molecular weight excluding hydrogens is 120 g/mol. The van der Waals surface area contributed by atoms with Crippen molar-refractivity contribution in [1.29, 1.82) is 0 Å². The van der Waals surface area contributed by atoms with E-state index in [1.54, 1.807) is 6.11 Å². The van der Waals surface area contributed by atoms with E-state index >= 15 is 0 Å². The molecular formula is C2H2O2S2. The highest BCUT2D eigenvalue weighted by molar-refractivity contribution is 8.19. The van der Waals surface area contributed by atoms with Gasteiger partial charge in [-0.15, -0.1) is 0 Å². The Balaban J connectivity index is 3.41. The fraction of sp³-hybridized carbons (Fsp3) is 0. The van der Waals surface area contributed by atoms with E-state index in [9.17, 15) is 4.21 Å². The minimum absolute atomic E-state index is 1.68. The zero-order valence-electron chi connectivity index (χ0n) is 2.75. The summed E-state index contributed by atoms with van der Waals surface area (Å²) in [6.45, 7) is 0. The third-order valence-electron chi connectivity index (χ3n) is 0.127. The standard InChI is InChI=1S/C2H2O2S2/c1-2-4-6(3)5/h1,6H. The highest BCUT2D eigenvalue weighted by Crippen LogP contribution is 1.61. The quantitative estimate of drug-likeness (QED) is 0.373. The average Bonchev–Trinajstić information content (AvgIpc) is 1.35. The Hall–Kier alpha value is -0.270. The topological polar surface area (TPSA) is 26.3 Å². The van der Waals surface area contributed by atoms with Crippen molar-refractivity contribution in [1.82, 2.24) is 0 Å². The zero-order valence-corrected chi connectivity index (χ0v) is 4.46. The Morgan fingerprint density at radius 3 is 2.50 bits per heavy atom. The maximum Gasteiger partial charge on any atom is 0.184 e. The van der Waals surface area contributed by atoms with E-state index in [0.29, 0.717) is 0 Å². The van der Waals surface area contributed by atoms with Crippen LogP contribution in [-0.2, 0) is 25.0 Å².